The number of aliphatic hydroxyl groups is 3. The molecule has 0 aromatic heterocycles. The Morgan fingerprint density at radius 3 is 2.38 bits per heavy atom. The van der Waals surface area contributed by atoms with Crippen LogP contribution in [-0.4, -0.2) is 33.1 Å². The summed E-state index contributed by atoms with van der Waals surface area (Å²) in [5.41, 5.74) is 0.855. The molecule has 4 rings (SSSR count). The third-order valence-corrected chi connectivity index (χ3v) is 8.73. The van der Waals surface area contributed by atoms with E-state index in [1.807, 2.05) is 0 Å². The summed E-state index contributed by atoms with van der Waals surface area (Å²) < 4.78 is 0. The Balaban J connectivity index is 1.73. The minimum atomic E-state index is -0.741. The monoisotopic (exact) mass is 332 g/mol. The van der Waals surface area contributed by atoms with Gasteiger partial charge >= 0.3 is 0 Å². The highest BCUT2D eigenvalue weighted by molar-refractivity contribution is 5.43. The van der Waals surface area contributed by atoms with Gasteiger partial charge in [-0.3, -0.25) is 0 Å². The third kappa shape index (κ3) is 1.84. The molecule has 8 atom stereocenters. The number of rotatable bonds is 0. The standard InChI is InChI=1S/C21H32O3/c1-12-13(2)18(23)19(3)8-7-16-15(17(12)19)6-10-21(24)11-14(22)5-9-20(16,21)4/h14-18,22-24H,1-2,5-11H2,3-4H3/t14-,15+,16-,17-,18-,19-,20+,21-/m0/s1. The largest absolute Gasteiger partial charge is 0.393 e. The Morgan fingerprint density at radius 2 is 1.67 bits per heavy atom. The van der Waals surface area contributed by atoms with E-state index < -0.39 is 11.7 Å². The van der Waals surface area contributed by atoms with Crippen molar-refractivity contribution in [3.63, 3.8) is 0 Å². The van der Waals surface area contributed by atoms with Gasteiger partial charge < -0.3 is 15.3 Å². The first-order valence-electron chi connectivity index (χ1n) is 9.60. The van der Waals surface area contributed by atoms with Crippen molar-refractivity contribution in [3.05, 3.63) is 24.3 Å². The lowest BCUT2D eigenvalue weighted by molar-refractivity contribution is -0.218. The van der Waals surface area contributed by atoms with Crippen LogP contribution in [0.5, 0.6) is 0 Å². The zero-order valence-corrected chi connectivity index (χ0v) is 15.1. The molecule has 0 unspecified atom stereocenters. The van der Waals surface area contributed by atoms with Gasteiger partial charge in [0.25, 0.3) is 0 Å². The average Bonchev–Trinajstić information content (AvgIpc) is 2.70. The zero-order chi connectivity index (χ0) is 17.5. The Bertz CT molecular complexity index is 598. The lowest BCUT2D eigenvalue weighted by Gasteiger charge is -2.63. The molecule has 0 bridgehead atoms. The van der Waals surface area contributed by atoms with Crippen LogP contribution in [0, 0.1) is 28.6 Å². The fourth-order valence-corrected chi connectivity index (χ4v) is 7.20. The second-order valence-electron chi connectivity index (χ2n) is 9.63. The lowest BCUT2D eigenvalue weighted by Crippen LogP contribution is -2.63. The molecule has 0 aromatic carbocycles. The molecule has 0 aliphatic heterocycles. The van der Waals surface area contributed by atoms with Gasteiger partial charge in [-0.2, -0.15) is 0 Å². The predicted molar refractivity (Wildman–Crippen MR) is 94.2 cm³/mol. The second-order valence-corrected chi connectivity index (χ2v) is 9.63. The zero-order valence-electron chi connectivity index (χ0n) is 15.1. The Morgan fingerprint density at radius 1 is 0.958 bits per heavy atom. The van der Waals surface area contributed by atoms with Gasteiger partial charge in [-0.1, -0.05) is 27.0 Å². The summed E-state index contributed by atoms with van der Waals surface area (Å²) in [5, 5.41) is 32.2. The summed E-state index contributed by atoms with van der Waals surface area (Å²) in [6.45, 7) is 12.9. The molecule has 4 saturated carbocycles. The maximum atomic E-state index is 11.4. The van der Waals surface area contributed by atoms with Gasteiger partial charge in [0.2, 0.25) is 0 Å². The molecule has 4 fully saturated rings. The molecule has 134 valence electrons. The van der Waals surface area contributed by atoms with Crippen molar-refractivity contribution in [1.29, 1.82) is 0 Å². The SMILES string of the molecule is C=C1C(=C)[C@H]2[C@@H]3CC[C@]4(O)C[C@@H](O)CC[C@]4(C)[C@H]3CC[C@]2(C)[C@H]1O. The van der Waals surface area contributed by atoms with E-state index in [1.54, 1.807) is 0 Å². The van der Waals surface area contributed by atoms with Gasteiger partial charge in [-0.05, 0) is 72.8 Å². The number of hydrogen-bond donors (Lipinski definition) is 3. The fourth-order valence-electron chi connectivity index (χ4n) is 7.20. The highest BCUT2D eigenvalue weighted by Gasteiger charge is 2.65. The molecule has 24 heavy (non-hydrogen) atoms. The molecule has 0 aromatic rings. The molecule has 0 heterocycles. The molecule has 4 aliphatic carbocycles. The highest BCUT2D eigenvalue weighted by atomic mass is 16.3. The van der Waals surface area contributed by atoms with Gasteiger partial charge in [-0.15, -0.1) is 0 Å². The molecule has 0 spiro atoms. The van der Waals surface area contributed by atoms with Crippen molar-refractivity contribution in [3.8, 4) is 0 Å². The van der Waals surface area contributed by atoms with Crippen LogP contribution in [0.1, 0.15) is 58.8 Å². The maximum Gasteiger partial charge on any atom is 0.0846 e. The summed E-state index contributed by atoms with van der Waals surface area (Å²) >= 11 is 0. The van der Waals surface area contributed by atoms with Crippen LogP contribution in [-0.2, 0) is 0 Å². The van der Waals surface area contributed by atoms with Crippen molar-refractivity contribution in [2.75, 3.05) is 0 Å². The van der Waals surface area contributed by atoms with E-state index in [9.17, 15) is 15.3 Å². The van der Waals surface area contributed by atoms with Crippen molar-refractivity contribution in [1.82, 2.24) is 0 Å². The van der Waals surface area contributed by atoms with Gasteiger partial charge in [-0.25, -0.2) is 0 Å². The van der Waals surface area contributed by atoms with Crippen LogP contribution in [0.2, 0.25) is 0 Å². The lowest BCUT2D eigenvalue weighted by atomic mass is 9.43. The van der Waals surface area contributed by atoms with E-state index in [1.165, 1.54) is 0 Å². The number of hydrogen-bond acceptors (Lipinski definition) is 3. The third-order valence-electron chi connectivity index (χ3n) is 8.73. The molecule has 0 radical (unpaired) electrons. The van der Waals surface area contributed by atoms with E-state index in [4.69, 9.17) is 0 Å². The number of aliphatic hydroxyl groups excluding tert-OH is 2. The van der Waals surface area contributed by atoms with Gasteiger partial charge in [0.15, 0.2) is 0 Å². The van der Waals surface area contributed by atoms with Crippen LogP contribution < -0.4 is 0 Å². The second kappa shape index (κ2) is 4.96. The van der Waals surface area contributed by atoms with Crippen LogP contribution in [0.25, 0.3) is 0 Å². The molecule has 3 nitrogen and oxygen atoms in total. The van der Waals surface area contributed by atoms with Crippen LogP contribution in [0.15, 0.2) is 24.3 Å². The molecule has 3 N–H and O–H groups in total. The first-order chi connectivity index (χ1) is 11.1. The van der Waals surface area contributed by atoms with E-state index >= 15 is 0 Å². The first kappa shape index (κ1) is 16.8. The van der Waals surface area contributed by atoms with Crippen molar-refractivity contribution in [2.45, 2.75) is 76.6 Å². The van der Waals surface area contributed by atoms with Gasteiger partial charge in [0.1, 0.15) is 0 Å². The fraction of sp³-hybridized carbons (Fsp3) is 0.810. The normalized spacial score (nSPS) is 57.3. The highest BCUT2D eigenvalue weighted by Crippen LogP contribution is 2.68. The van der Waals surface area contributed by atoms with Gasteiger partial charge in [0, 0.05) is 11.8 Å². The van der Waals surface area contributed by atoms with E-state index in [-0.39, 0.29) is 22.9 Å². The van der Waals surface area contributed by atoms with Crippen molar-refractivity contribution < 1.29 is 15.3 Å². The predicted octanol–water partition coefficient (Wildman–Crippen LogP) is 3.20. The van der Waals surface area contributed by atoms with Gasteiger partial charge in [0.05, 0.1) is 17.8 Å². The minimum Gasteiger partial charge on any atom is -0.393 e. The molecular formula is C21H32O3. The summed E-state index contributed by atoms with van der Waals surface area (Å²) in [4.78, 5) is 0. The summed E-state index contributed by atoms with van der Waals surface area (Å²) in [6.07, 6.45) is 5.09. The van der Waals surface area contributed by atoms with Crippen molar-refractivity contribution >= 4 is 0 Å². The van der Waals surface area contributed by atoms with E-state index in [2.05, 4.69) is 27.0 Å². The first-order valence-corrected chi connectivity index (χ1v) is 9.60. The van der Waals surface area contributed by atoms with Crippen LogP contribution >= 0.6 is 0 Å². The van der Waals surface area contributed by atoms with Crippen LogP contribution in [0.3, 0.4) is 0 Å². The summed E-state index contributed by atoms with van der Waals surface area (Å²) in [6, 6.07) is 0. The number of fused-ring (bicyclic) bond motifs is 5. The Labute approximate surface area is 145 Å². The Hall–Kier alpha value is -0.640. The molecule has 0 amide bonds. The minimum absolute atomic E-state index is 0.133. The van der Waals surface area contributed by atoms with Crippen LogP contribution in [0.4, 0.5) is 0 Å². The maximum absolute atomic E-state index is 11.4. The van der Waals surface area contributed by atoms with E-state index in [0.717, 1.165) is 49.7 Å². The molecule has 4 aliphatic rings. The van der Waals surface area contributed by atoms with Crippen molar-refractivity contribution in [2.24, 2.45) is 28.6 Å². The quantitative estimate of drug-likeness (QED) is 0.638. The molecular weight excluding hydrogens is 300 g/mol. The smallest absolute Gasteiger partial charge is 0.0846 e. The summed E-state index contributed by atoms with van der Waals surface area (Å²) in [7, 11) is 0. The average molecular weight is 332 g/mol. The Kier molecular flexibility index (Phi) is 3.47. The molecule has 0 saturated heterocycles. The van der Waals surface area contributed by atoms with E-state index in [0.29, 0.717) is 18.3 Å². The molecule has 3 heteroatoms. The summed E-state index contributed by atoms with van der Waals surface area (Å²) in [5.74, 6) is 1.19. The topological polar surface area (TPSA) is 60.7 Å².